The Kier molecular flexibility index (Phi) is 6.21. The fourth-order valence-corrected chi connectivity index (χ4v) is 5.15. The van der Waals surface area contributed by atoms with Crippen molar-refractivity contribution in [1.29, 1.82) is 0 Å². The number of aromatic amines is 1. The molecule has 1 aliphatic heterocycles. The number of imidazole rings is 1. The van der Waals surface area contributed by atoms with E-state index in [1.807, 2.05) is 12.1 Å². The average molecular weight is 459 g/mol. The number of fused-ring (bicyclic) bond motifs is 3. The number of rotatable bonds is 3. The molecule has 3 aromatic rings. The molecule has 0 saturated heterocycles. The molecule has 3 nitrogen and oxygen atoms in total. The van der Waals surface area contributed by atoms with Crippen molar-refractivity contribution in [1.82, 2.24) is 9.97 Å². The lowest BCUT2D eigenvalue weighted by Gasteiger charge is -2.43. The van der Waals surface area contributed by atoms with Gasteiger partial charge in [-0.25, -0.2) is 4.98 Å². The van der Waals surface area contributed by atoms with E-state index < -0.39 is 0 Å². The zero-order chi connectivity index (χ0) is 24.9. The van der Waals surface area contributed by atoms with E-state index in [0.29, 0.717) is 12.5 Å². The summed E-state index contributed by atoms with van der Waals surface area (Å²) < 4.78 is 6.19. The van der Waals surface area contributed by atoms with E-state index in [1.165, 1.54) is 22.3 Å². The van der Waals surface area contributed by atoms with Crippen molar-refractivity contribution in [3.05, 3.63) is 59.2 Å². The van der Waals surface area contributed by atoms with Crippen LogP contribution in [0.4, 0.5) is 0 Å². The van der Waals surface area contributed by atoms with E-state index >= 15 is 0 Å². The van der Waals surface area contributed by atoms with Crippen molar-refractivity contribution >= 4 is 11.0 Å². The quantitative estimate of drug-likeness (QED) is 0.399. The molecule has 0 saturated carbocycles. The Morgan fingerprint density at radius 1 is 1.12 bits per heavy atom. The Hall–Kier alpha value is -2.55. The van der Waals surface area contributed by atoms with Crippen LogP contribution in [-0.4, -0.2) is 16.6 Å². The molecule has 1 N–H and O–H groups in total. The third-order valence-corrected chi connectivity index (χ3v) is 7.90. The molecule has 0 radical (unpaired) electrons. The molecule has 2 unspecified atom stereocenters. The first kappa shape index (κ1) is 24.6. The molecule has 0 spiro atoms. The number of aromatic nitrogens is 2. The minimum atomic E-state index is -0.213. The zero-order valence-corrected chi connectivity index (χ0v) is 22.6. The molecule has 2 bridgehead atoms. The molecule has 34 heavy (non-hydrogen) atoms. The van der Waals surface area contributed by atoms with Crippen molar-refractivity contribution in [3.63, 3.8) is 0 Å². The highest BCUT2D eigenvalue weighted by molar-refractivity contribution is 5.86. The average Bonchev–Trinajstić information content (AvgIpc) is 3.18. The third kappa shape index (κ3) is 4.19. The summed E-state index contributed by atoms with van der Waals surface area (Å²) in [5, 5.41) is 0. The molecule has 4 rings (SSSR count). The summed E-state index contributed by atoms with van der Waals surface area (Å²) in [6.45, 7) is 21.6. The second-order valence-corrected chi connectivity index (χ2v) is 12.3. The van der Waals surface area contributed by atoms with Crippen molar-refractivity contribution < 1.29 is 4.74 Å². The Balaban J connectivity index is 2.18. The number of hydrogen-bond donors (Lipinski definition) is 1. The maximum Gasteiger partial charge on any atom is 0.147 e. The van der Waals surface area contributed by atoms with Gasteiger partial charge < -0.3 is 9.72 Å². The van der Waals surface area contributed by atoms with Gasteiger partial charge in [0.05, 0.1) is 5.52 Å². The fourth-order valence-electron chi connectivity index (χ4n) is 5.15. The smallest absolute Gasteiger partial charge is 0.147 e. The summed E-state index contributed by atoms with van der Waals surface area (Å²) in [5.74, 6) is 2.22. The highest BCUT2D eigenvalue weighted by Crippen LogP contribution is 2.50. The van der Waals surface area contributed by atoms with Crippen molar-refractivity contribution in [2.45, 2.75) is 91.9 Å². The van der Waals surface area contributed by atoms with Gasteiger partial charge in [0.2, 0.25) is 0 Å². The molecule has 1 aromatic heterocycles. The van der Waals surface area contributed by atoms with Crippen LogP contribution in [0.2, 0.25) is 0 Å². The molecule has 0 aliphatic carbocycles. The zero-order valence-electron chi connectivity index (χ0n) is 22.6. The van der Waals surface area contributed by atoms with Gasteiger partial charge in [-0.1, -0.05) is 99.1 Å². The second-order valence-electron chi connectivity index (χ2n) is 12.3. The monoisotopic (exact) mass is 458 g/mol. The number of nitrogens with one attached hydrogen (secondary N) is 1. The van der Waals surface area contributed by atoms with Crippen LogP contribution in [-0.2, 0) is 10.8 Å². The molecule has 2 atom stereocenters. The number of ether oxygens (including phenoxy) is 1. The maximum atomic E-state index is 6.19. The summed E-state index contributed by atoms with van der Waals surface area (Å²) >= 11 is 0. The van der Waals surface area contributed by atoms with Crippen LogP contribution in [0.15, 0.2) is 42.5 Å². The summed E-state index contributed by atoms with van der Waals surface area (Å²) in [7, 11) is 0. The van der Waals surface area contributed by atoms with Crippen LogP contribution >= 0.6 is 0 Å². The first-order chi connectivity index (χ1) is 15.9. The Labute approximate surface area is 206 Å². The van der Waals surface area contributed by atoms with Gasteiger partial charge in [0.1, 0.15) is 23.7 Å². The van der Waals surface area contributed by atoms with Gasteiger partial charge in [0.15, 0.2) is 0 Å². The summed E-state index contributed by atoms with van der Waals surface area (Å²) in [5.41, 5.74) is 7.15. The minimum absolute atomic E-state index is 0.0119. The minimum Gasteiger partial charge on any atom is -0.487 e. The van der Waals surface area contributed by atoms with Gasteiger partial charge in [-0.05, 0) is 52.0 Å². The topological polar surface area (TPSA) is 37.9 Å². The first-order valence-electron chi connectivity index (χ1n) is 12.9. The van der Waals surface area contributed by atoms with Gasteiger partial charge in [-0.2, -0.15) is 0 Å². The Bertz CT molecular complexity index is 1220. The van der Waals surface area contributed by atoms with Crippen LogP contribution in [0, 0.1) is 5.41 Å². The van der Waals surface area contributed by atoms with Gasteiger partial charge in [-0.15, -0.1) is 0 Å². The number of para-hydroxylation sites is 1. The Morgan fingerprint density at radius 3 is 2.50 bits per heavy atom. The highest BCUT2D eigenvalue weighted by Gasteiger charge is 2.41. The molecule has 3 heteroatoms. The molecule has 0 amide bonds. The normalized spacial score (nSPS) is 20.5. The van der Waals surface area contributed by atoms with Crippen LogP contribution in [0.3, 0.4) is 0 Å². The van der Waals surface area contributed by atoms with Crippen LogP contribution in [0.25, 0.3) is 22.4 Å². The number of nitrogens with zero attached hydrogens (tertiary/aromatic N) is 1. The van der Waals surface area contributed by atoms with Crippen LogP contribution in [0.1, 0.15) is 97.8 Å². The van der Waals surface area contributed by atoms with E-state index in [0.717, 1.165) is 35.4 Å². The number of benzene rings is 2. The standard InChI is InChI=1S/C31H42N2O/c1-10-13-20(2)22-18-21(29(3,4)5)19-23-26(22)28-32-24-14-11-15-25(27(24)33-28)34-17-12-16-31(23,9)30(6,7)8/h11-12,14-16,18-20H,10,13,17H2,1-9H3,(H,32,33)/b16-12+. The van der Waals surface area contributed by atoms with E-state index in [4.69, 9.17) is 9.72 Å². The molecule has 2 heterocycles. The molecule has 182 valence electrons. The summed E-state index contributed by atoms with van der Waals surface area (Å²) in [6, 6.07) is 11.1. The lowest BCUT2D eigenvalue weighted by molar-refractivity contribution is 0.257. The van der Waals surface area contributed by atoms with Crippen LogP contribution in [0.5, 0.6) is 5.75 Å². The number of hydrogen-bond acceptors (Lipinski definition) is 2. The SMILES string of the molecule is CCCC(C)c1cc(C(C)(C)C)cc2c1-c1nc3c(cccc3[nH]1)OC/C=C/C2(C)C(C)(C)C. The lowest BCUT2D eigenvalue weighted by Crippen LogP contribution is -2.37. The van der Waals surface area contributed by atoms with E-state index in [-0.39, 0.29) is 16.2 Å². The third-order valence-electron chi connectivity index (χ3n) is 7.90. The lowest BCUT2D eigenvalue weighted by atomic mass is 9.61. The predicted molar refractivity (Wildman–Crippen MR) is 145 cm³/mol. The predicted octanol–water partition coefficient (Wildman–Crippen LogP) is 8.68. The molecular weight excluding hydrogens is 416 g/mol. The van der Waals surface area contributed by atoms with Crippen molar-refractivity contribution in [2.75, 3.05) is 6.61 Å². The van der Waals surface area contributed by atoms with Crippen molar-refractivity contribution in [2.24, 2.45) is 5.41 Å². The number of H-pyrrole nitrogens is 1. The highest BCUT2D eigenvalue weighted by atomic mass is 16.5. The summed E-state index contributed by atoms with van der Waals surface area (Å²) in [4.78, 5) is 8.85. The second kappa shape index (κ2) is 8.59. The van der Waals surface area contributed by atoms with E-state index in [1.54, 1.807) is 0 Å². The maximum absolute atomic E-state index is 6.19. The van der Waals surface area contributed by atoms with E-state index in [2.05, 4.69) is 97.6 Å². The van der Waals surface area contributed by atoms with Crippen LogP contribution < -0.4 is 4.74 Å². The molecule has 2 aromatic carbocycles. The van der Waals surface area contributed by atoms with E-state index in [9.17, 15) is 0 Å². The Morgan fingerprint density at radius 2 is 1.85 bits per heavy atom. The molecule has 1 aliphatic rings. The molecule has 0 fully saturated rings. The summed E-state index contributed by atoms with van der Waals surface area (Å²) in [6.07, 6.45) is 6.88. The van der Waals surface area contributed by atoms with Gasteiger partial charge in [0.25, 0.3) is 0 Å². The van der Waals surface area contributed by atoms with Crippen molar-refractivity contribution in [3.8, 4) is 17.1 Å². The number of allylic oxidation sites excluding steroid dienone is 1. The molecular formula is C31H42N2O. The van der Waals surface area contributed by atoms with Gasteiger partial charge in [-0.3, -0.25) is 0 Å². The van der Waals surface area contributed by atoms with Gasteiger partial charge >= 0.3 is 0 Å². The fraction of sp³-hybridized carbons (Fsp3) is 0.516. The largest absolute Gasteiger partial charge is 0.487 e. The van der Waals surface area contributed by atoms with Gasteiger partial charge in [0, 0.05) is 11.0 Å². The first-order valence-corrected chi connectivity index (χ1v) is 12.9.